The second-order valence-electron chi connectivity index (χ2n) is 5.73. The molecule has 0 spiro atoms. The van der Waals surface area contributed by atoms with Crippen molar-refractivity contribution in [3.05, 3.63) is 39.7 Å². The van der Waals surface area contributed by atoms with Crippen LogP contribution in [0.1, 0.15) is 26.3 Å². The predicted molar refractivity (Wildman–Crippen MR) is 75.2 cm³/mol. The molecule has 0 bridgehead atoms. The average molecular weight is 298 g/mol. The van der Waals surface area contributed by atoms with Gasteiger partial charge in [0.2, 0.25) is 0 Å². The summed E-state index contributed by atoms with van der Waals surface area (Å²) in [5.74, 6) is -1.04. The summed E-state index contributed by atoms with van der Waals surface area (Å²) in [7, 11) is 1.27. The van der Waals surface area contributed by atoms with Gasteiger partial charge in [-0.25, -0.2) is 4.39 Å². The number of nitro benzene ring substituents is 1. The Kier molecular flexibility index (Phi) is 5.37. The second kappa shape index (κ2) is 6.62. The first kappa shape index (κ1) is 17.0. The highest BCUT2D eigenvalue weighted by atomic mass is 19.1. The van der Waals surface area contributed by atoms with Crippen LogP contribution in [0.3, 0.4) is 0 Å². The highest BCUT2D eigenvalue weighted by molar-refractivity contribution is 5.76. The monoisotopic (exact) mass is 298 g/mol. The van der Waals surface area contributed by atoms with Gasteiger partial charge < -0.3 is 4.74 Å². The van der Waals surface area contributed by atoms with Crippen LogP contribution >= 0.6 is 0 Å². The third-order valence-electron chi connectivity index (χ3n) is 3.04. The van der Waals surface area contributed by atoms with E-state index >= 15 is 0 Å². The Hall–Kier alpha value is -2.02. The van der Waals surface area contributed by atoms with Gasteiger partial charge in [-0.05, 0) is 17.5 Å². The Labute approximate surface area is 122 Å². The number of carbonyl (C=O) groups excluding carboxylic acids is 1. The second-order valence-corrected chi connectivity index (χ2v) is 5.73. The molecule has 1 atom stereocenters. The van der Waals surface area contributed by atoms with Crippen molar-refractivity contribution in [2.45, 2.75) is 33.4 Å². The fraction of sp³-hybridized carbons (Fsp3) is 0.500. The molecule has 1 rings (SSSR count). The van der Waals surface area contributed by atoms with Gasteiger partial charge in [-0.2, -0.15) is 0 Å². The Morgan fingerprint density at radius 3 is 2.57 bits per heavy atom. The molecule has 1 aromatic rings. The van der Waals surface area contributed by atoms with Gasteiger partial charge in [-0.15, -0.1) is 0 Å². The SMILES string of the molecule is COC(=O)[C@H](NCc1cc(F)ccc1[N+](=O)[O-])C(C)(C)C. The molecule has 0 saturated carbocycles. The van der Waals surface area contributed by atoms with Gasteiger partial charge in [0.15, 0.2) is 0 Å². The van der Waals surface area contributed by atoms with Gasteiger partial charge >= 0.3 is 5.97 Å². The Morgan fingerprint density at radius 2 is 2.10 bits per heavy atom. The molecule has 21 heavy (non-hydrogen) atoms. The van der Waals surface area contributed by atoms with Gasteiger partial charge in [0, 0.05) is 18.2 Å². The molecule has 1 N–H and O–H groups in total. The van der Waals surface area contributed by atoms with E-state index in [0.29, 0.717) is 0 Å². The minimum atomic E-state index is -0.662. The van der Waals surface area contributed by atoms with E-state index < -0.39 is 28.2 Å². The maximum Gasteiger partial charge on any atom is 0.323 e. The van der Waals surface area contributed by atoms with Crippen molar-refractivity contribution in [3.8, 4) is 0 Å². The molecular formula is C14H19FN2O4. The summed E-state index contributed by atoms with van der Waals surface area (Å²) in [6.45, 7) is 5.50. The molecule has 0 amide bonds. The summed E-state index contributed by atoms with van der Waals surface area (Å²) in [5, 5.41) is 13.8. The summed E-state index contributed by atoms with van der Waals surface area (Å²) in [6, 6.07) is 2.56. The number of methoxy groups -OCH3 is 1. The topological polar surface area (TPSA) is 81.5 Å². The fourth-order valence-corrected chi connectivity index (χ4v) is 1.95. The standard InChI is InChI=1S/C14H19FN2O4/c1-14(2,3)12(13(18)21-4)16-8-9-7-10(15)5-6-11(9)17(19)20/h5-7,12,16H,8H2,1-4H3/t12-/m0/s1. The molecule has 0 aliphatic heterocycles. The van der Waals surface area contributed by atoms with Crippen LogP contribution in [0.5, 0.6) is 0 Å². The predicted octanol–water partition coefficient (Wildman–Crippen LogP) is 2.41. The smallest absolute Gasteiger partial charge is 0.323 e. The largest absolute Gasteiger partial charge is 0.468 e. The van der Waals surface area contributed by atoms with E-state index in [-0.39, 0.29) is 17.8 Å². The first-order chi connectivity index (χ1) is 9.66. The van der Waals surface area contributed by atoms with Crippen LogP contribution in [-0.4, -0.2) is 24.0 Å². The van der Waals surface area contributed by atoms with Crippen LogP contribution in [0.2, 0.25) is 0 Å². The molecule has 0 saturated heterocycles. The molecule has 0 radical (unpaired) electrons. The molecule has 0 aliphatic carbocycles. The van der Waals surface area contributed by atoms with E-state index in [0.717, 1.165) is 18.2 Å². The van der Waals surface area contributed by atoms with Crippen molar-refractivity contribution in [1.29, 1.82) is 0 Å². The number of ether oxygens (including phenoxy) is 1. The molecule has 0 unspecified atom stereocenters. The number of halogens is 1. The van der Waals surface area contributed by atoms with Gasteiger partial charge in [0.1, 0.15) is 11.9 Å². The minimum Gasteiger partial charge on any atom is -0.468 e. The lowest BCUT2D eigenvalue weighted by Crippen LogP contribution is -2.46. The van der Waals surface area contributed by atoms with E-state index in [1.54, 1.807) is 0 Å². The van der Waals surface area contributed by atoms with Crippen LogP contribution in [0, 0.1) is 21.3 Å². The first-order valence-electron chi connectivity index (χ1n) is 6.41. The van der Waals surface area contributed by atoms with Gasteiger partial charge in [-0.3, -0.25) is 20.2 Å². The van der Waals surface area contributed by atoms with Crippen molar-refractivity contribution in [2.75, 3.05) is 7.11 Å². The zero-order chi connectivity index (χ0) is 16.2. The zero-order valence-corrected chi connectivity index (χ0v) is 12.5. The fourth-order valence-electron chi connectivity index (χ4n) is 1.95. The van der Waals surface area contributed by atoms with Crippen molar-refractivity contribution < 1.29 is 18.8 Å². The van der Waals surface area contributed by atoms with Crippen LogP contribution in [-0.2, 0) is 16.1 Å². The van der Waals surface area contributed by atoms with E-state index in [2.05, 4.69) is 5.32 Å². The third kappa shape index (κ3) is 4.49. The molecule has 0 aliphatic rings. The zero-order valence-electron chi connectivity index (χ0n) is 12.5. The molecule has 116 valence electrons. The Morgan fingerprint density at radius 1 is 1.48 bits per heavy atom. The number of hydrogen-bond acceptors (Lipinski definition) is 5. The maximum absolute atomic E-state index is 13.3. The number of hydrogen-bond donors (Lipinski definition) is 1. The van der Waals surface area contributed by atoms with E-state index in [4.69, 9.17) is 4.74 Å². The number of carbonyl (C=O) groups is 1. The first-order valence-corrected chi connectivity index (χ1v) is 6.41. The number of nitrogens with zero attached hydrogens (tertiary/aromatic N) is 1. The molecule has 7 heteroatoms. The number of esters is 1. The van der Waals surface area contributed by atoms with Gasteiger partial charge in [-0.1, -0.05) is 20.8 Å². The average Bonchev–Trinajstić information content (AvgIpc) is 2.36. The van der Waals surface area contributed by atoms with Crippen molar-refractivity contribution in [1.82, 2.24) is 5.32 Å². The van der Waals surface area contributed by atoms with E-state index in [1.807, 2.05) is 20.8 Å². The number of benzene rings is 1. The number of nitrogens with one attached hydrogen (secondary N) is 1. The van der Waals surface area contributed by atoms with Crippen LogP contribution in [0.15, 0.2) is 18.2 Å². The maximum atomic E-state index is 13.3. The lowest BCUT2D eigenvalue weighted by atomic mass is 9.86. The Bertz CT molecular complexity index is 540. The molecular weight excluding hydrogens is 279 g/mol. The minimum absolute atomic E-state index is 0.00882. The van der Waals surface area contributed by atoms with Gasteiger partial charge in [0.25, 0.3) is 5.69 Å². The molecule has 0 aromatic heterocycles. The molecule has 0 heterocycles. The van der Waals surface area contributed by atoms with Crippen molar-refractivity contribution >= 4 is 11.7 Å². The summed E-state index contributed by atoms with van der Waals surface area (Å²) in [5.41, 5.74) is -0.463. The molecule has 1 aromatic carbocycles. The summed E-state index contributed by atoms with van der Waals surface area (Å²) >= 11 is 0. The molecule has 6 nitrogen and oxygen atoms in total. The summed E-state index contributed by atoms with van der Waals surface area (Å²) < 4.78 is 18.0. The number of nitro groups is 1. The van der Waals surface area contributed by atoms with Crippen LogP contribution in [0.25, 0.3) is 0 Å². The lowest BCUT2D eigenvalue weighted by Gasteiger charge is -2.29. The van der Waals surface area contributed by atoms with E-state index in [1.165, 1.54) is 7.11 Å². The third-order valence-corrected chi connectivity index (χ3v) is 3.04. The van der Waals surface area contributed by atoms with Crippen molar-refractivity contribution in [3.63, 3.8) is 0 Å². The van der Waals surface area contributed by atoms with Crippen LogP contribution in [0.4, 0.5) is 10.1 Å². The molecule has 0 fully saturated rings. The normalized spacial score (nSPS) is 12.8. The van der Waals surface area contributed by atoms with Crippen molar-refractivity contribution in [2.24, 2.45) is 5.41 Å². The Balaban J connectivity index is 2.98. The lowest BCUT2D eigenvalue weighted by molar-refractivity contribution is -0.385. The van der Waals surface area contributed by atoms with Gasteiger partial charge in [0.05, 0.1) is 12.0 Å². The summed E-state index contributed by atoms with van der Waals surface area (Å²) in [6.07, 6.45) is 0. The number of rotatable bonds is 5. The quantitative estimate of drug-likeness (QED) is 0.513. The highest BCUT2D eigenvalue weighted by Crippen LogP contribution is 2.23. The van der Waals surface area contributed by atoms with E-state index in [9.17, 15) is 19.3 Å². The highest BCUT2D eigenvalue weighted by Gasteiger charge is 2.32. The summed E-state index contributed by atoms with van der Waals surface area (Å²) in [4.78, 5) is 22.1. The van der Waals surface area contributed by atoms with Crippen LogP contribution < -0.4 is 5.32 Å².